The Hall–Kier alpha value is -1.95. The number of nitrogens with zero attached hydrogens (tertiary/aromatic N) is 1. The second-order valence-electron chi connectivity index (χ2n) is 4.21. The van der Waals surface area contributed by atoms with E-state index in [0.717, 1.165) is 0 Å². The summed E-state index contributed by atoms with van der Waals surface area (Å²) in [6.45, 7) is 3.60. The third kappa shape index (κ3) is 5.05. The van der Waals surface area contributed by atoms with Crippen LogP contribution in [0.3, 0.4) is 0 Å². The summed E-state index contributed by atoms with van der Waals surface area (Å²) in [6, 6.07) is 4.41. The van der Waals surface area contributed by atoms with Gasteiger partial charge in [-0.2, -0.15) is 0 Å². The van der Waals surface area contributed by atoms with Crippen LogP contribution in [-0.4, -0.2) is 41.5 Å². The predicted molar refractivity (Wildman–Crippen MR) is 69.5 cm³/mol. The number of aliphatic carboxylic acids is 1. The molecular weight excluding hydrogens is 251 g/mol. The molecule has 0 spiro atoms. The van der Waals surface area contributed by atoms with E-state index >= 15 is 0 Å². The van der Waals surface area contributed by atoms with E-state index in [0.29, 0.717) is 17.8 Å². The van der Waals surface area contributed by atoms with Crippen LogP contribution in [0.1, 0.15) is 12.5 Å². The Labute approximate surface area is 111 Å². The van der Waals surface area contributed by atoms with Crippen molar-refractivity contribution in [3.8, 4) is 0 Å². The SMILES string of the molecule is CCN(CC(=O)O)CC(=O)Nc1ccc(C)c(F)c1. The highest BCUT2D eigenvalue weighted by atomic mass is 19.1. The van der Waals surface area contributed by atoms with Gasteiger partial charge in [0.05, 0.1) is 13.1 Å². The molecule has 0 aliphatic rings. The van der Waals surface area contributed by atoms with Crippen LogP contribution in [0.5, 0.6) is 0 Å². The molecule has 1 aromatic carbocycles. The third-order valence-corrected chi connectivity index (χ3v) is 2.63. The summed E-state index contributed by atoms with van der Waals surface area (Å²) in [7, 11) is 0. The number of aryl methyl sites for hydroxylation is 1. The molecule has 6 heteroatoms. The van der Waals surface area contributed by atoms with Crippen LogP contribution in [-0.2, 0) is 9.59 Å². The van der Waals surface area contributed by atoms with Crippen molar-refractivity contribution in [1.82, 2.24) is 4.90 Å². The second kappa shape index (κ2) is 6.84. The van der Waals surface area contributed by atoms with Crippen molar-refractivity contribution in [3.63, 3.8) is 0 Å². The fourth-order valence-corrected chi connectivity index (χ4v) is 1.55. The van der Waals surface area contributed by atoms with Crippen molar-refractivity contribution in [3.05, 3.63) is 29.6 Å². The Morgan fingerprint density at radius 1 is 1.37 bits per heavy atom. The zero-order valence-corrected chi connectivity index (χ0v) is 10.9. The molecule has 0 fully saturated rings. The molecule has 0 aliphatic carbocycles. The highest BCUT2D eigenvalue weighted by Gasteiger charge is 2.12. The van der Waals surface area contributed by atoms with Gasteiger partial charge in [-0.1, -0.05) is 13.0 Å². The number of rotatable bonds is 6. The minimum Gasteiger partial charge on any atom is -0.480 e. The van der Waals surface area contributed by atoms with Crippen molar-refractivity contribution in [1.29, 1.82) is 0 Å². The number of hydrogen-bond donors (Lipinski definition) is 2. The lowest BCUT2D eigenvalue weighted by Gasteiger charge is -2.17. The smallest absolute Gasteiger partial charge is 0.317 e. The summed E-state index contributed by atoms with van der Waals surface area (Å²) in [6.07, 6.45) is 0. The second-order valence-corrected chi connectivity index (χ2v) is 4.21. The molecular formula is C13H17FN2O3. The molecule has 1 amide bonds. The van der Waals surface area contributed by atoms with Gasteiger partial charge in [-0.25, -0.2) is 4.39 Å². The highest BCUT2D eigenvalue weighted by molar-refractivity contribution is 5.92. The van der Waals surface area contributed by atoms with E-state index < -0.39 is 11.8 Å². The molecule has 0 saturated heterocycles. The van der Waals surface area contributed by atoms with Crippen LogP contribution in [0.15, 0.2) is 18.2 Å². The minimum atomic E-state index is -0.990. The van der Waals surface area contributed by atoms with Gasteiger partial charge in [0.25, 0.3) is 0 Å². The van der Waals surface area contributed by atoms with Gasteiger partial charge in [0.15, 0.2) is 0 Å². The van der Waals surface area contributed by atoms with E-state index in [2.05, 4.69) is 5.32 Å². The van der Waals surface area contributed by atoms with E-state index in [1.165, 1.54) is 11.0 Å². The van der Waals surface area contributed by atoms with Gasteiger partial charge in [-0.15, -0.1) is 0 Å². The highest BCUT2D eigenvalue weighted by Crippen LogP contribution is 2.13. The molecule has 0 bridgehead atoms. The fraction of sp³-hybridized carbons (Fsp3) is 0.385. The van der Waals surface area contributed by atoms with E-state index in [1.807, 2.05) is 0 Å². The van der Waals surface area contributed by atoms with Crippen LogP contribution >= 0.6 is 0 Å². The van der Waals surface area contributed by atoms with Crippen molar-refractivity contribution in [2.24, 2.45) is 0 Å². The number of carbonyl (C=O) groups is 2. The molecule has 0 radical (unpaired) electrons. The van der Waals surface area contributed by atoms with Gasteiger partial charge in [-0.05, 0) is 31.2 Å². The van der Waals surface area contributed by atoms with Crippen LogP contribution in [0.4, 0.5) is 10.1 Å². The van der Waals surface area contributed by atoms with E-state index in [1.54, 1.807) is 26.0 Å². The number of hydrogen-bond acceptors (Lipinski definition) is 3. The van der Waals surface area contributed by atoms with E-state index in [4.69, 9.17) is 5.11 Å². The average molecular weight is 268 g/mol. The fourth-order valence-electron chi connectivity index (χ4n) is 1.55. The lowest BCUT2D eigenvalue weighted by Crippen LogP contribution is -2.36. The molecule has 0 aliphatic heterocycles. The number of carboxylic acid groups (broad SMARTS) is 1. The molecule has 1 aromatic rings. The van der Waals surface area contributed by atoms with Crippen molar-refractivity contribution in [2.45, 2.75) is 13.8 Å². The number of anilines is 1. The molecule has 0 atom stereocenters. The molecule has 2 N–H and O–H groups in total. The van der Waals surface area contributed by atoms with Gasteiger partial charge >= 0.3 is 5.97 Å². The molecule has 0 aromatic heterocycles. The summed E-state index contributed by atoms with van der Waals surface area (Å²) in [5.41, 5.74) is 0.860. The number of halogens is 1. The van der Waals surface area contributed by atoms with Gasteiger partial charge in [0.2, 0.25) is 5.91 Å². The molecule has 1 rings (SSSR count). The zero-order chi connectivity index (χ0) is 14.4. The monoisotopic (exact) mass is 268 g/mol. The van der Waals surface area contributed by atoms with E-state index in [-0.39, 0.29) is 19.0 Å². The summed E-state index contributed by atoms with van der Waals surface area (Å²) < 4.78 is 13.3. The Morgan fingerprint density at radius 2 is 2.05 bits per heavy atom. The Balaban J connectivity index is 2.58. The first-order valence-corrected chi connectivity index (χ1v) is 5.92. The van der Waals surface area contributed by atoms with Crippen molar-refractivity contribution in [2.75, 3.05) is 25.0 Å². The van der Waals surface area contributed by atoms with Gasteiger partial charge < -0.3 is 10.4 Å². The van der Waals surface area contributed by atoms with Crippen molar-refractivity contribution < 1.29 is 19.1 Å². The largest absolute Gasteiger partial charge is 0.480 e. The standard InChI is InChI=1S/C13H17FN2O3/c1-3-16(8-13(18)19)7-12(17)15-10-5-4-9(2)11(14)6-10/h4-6H,3,7-8H2,1-2H3,(H,15,17)(H,18,19). The third-order valence-electron chi connectivity index (χ3n) is 2.63. The lowest BCUT2D eigenvalue weighted by molar-refractivity contribution is -0.138. The minimum absolute atomic E-state index is 0.0434. The number of amides is 1. The van der Waals surface area contributed by atoms with E-state index in [9.17, 15) is 14.0 Å². The Kier molecular flexibility index (Phi) is 5.44. The number of benzene rings is 1. The summed E-state index contributed by atoms with van der Waals surface area (Å²) in [5, 5.41) is 11.2. The topological polar surface area (TPSA) is 69.6 Å². The number of carboxylic acids is 1. The first-order chi connectivity index (χ1) is 8.92. The molecule has 0 unspecified atom stereocenters. The molecule has 0 heterocycles. The molecule has 19 heavy (non-hydrogen) atoms. The first kappa shape index (κ1) is 15.1. The number of likely N-dealkylation sites (N-methyl/N-ethyl adjacent to an activating group) is 1. The van der Waals surface area contributed by atoms with Gasteiger partial charge in [0, 0.05) is 5.69 Å². The Bertz CT molecular complexity index is 477. The average Bonchev–Trinajstić information content (AvgIpc) is 2.32. The van der Waals surface area contributed by atoms with Crippen LogP contribution in [0.25, 0.3) is 0 Å². The van der Waals surface area contributed by atoms with Crippen LogP contribution < -0.4 is 5.32 Å². The Morgan fingerprint density at radius 3 is 2.58 bits per heavy atom. The predicted octanol–water partition coefficient (Wildman–Crippen LogP) is 1.48. The normalized spacial score (nSPS) is 10.5. The summed E-state index contributed by atoms with van der Waals surface area (Å²) in [4.78, 5) is 23.7. The zero-order valence-electron chi connectivity index (χ0n) is 10.9. The van der Waals surface area contributed by atoms with Gasteiger partial charge in [0.1, 0.15) is 5.82 Å². The maximum absolute atomic E-state index is 13.3. The molecule has 5 nitrogen and oxygen atoms in total. The maximum atomic E-state index is 13.3. The van der Waals surface area contributed by atoms with Crippen molar-refractivity contribution >= 4 is 17.6 Å². The quantitative estimate of drug-likeness (QED) is 0.820. The lowest BCUT2D eigenvalue weighted by atomic mass is 10.2. The van der Waals surface area contributed by atoms with Crippen LogP contribution in [0, 0.1) is 12.7 Å². The molecule has 0 saturated carbocycles. The summed E-state index contributed by atoms with van der Waals surface area (Å²) >= 11 is 0. The number of nitrogens with one attached hydrogen (secondary N) is 1. The maximum Gasteiger partial charge on any atom is 0.317 e. The summed E-state index contributed by atoms with van der Waals surface area (Å²) in [5.74, 6) is -1.75. The van der Waals surface area contributed by atoms with Crippen LogP contribution in [0.2, 0.25) is 0 Å². The first-order valence-electron chi connectivity index (χ1n) is 5.92. The number of carbonyl (C=O) groups excluding carboxylic acids is 1. The molecule has 104 valence electrons. The van der Waals surface area contributed by atoms with Gasteiger partial charge in [-0.3, -0.25) is 14.5 Å².